The van der Waals surface area contributed by atoms with E-state index in [9.17, 15) is 23.1 Å². The molecule has 0 spiro atoms. The average Bonchev–Trinajstić information content (AvgIpc) is 3.02. The first-order chi connectivity index (χ1) is 22.2. The number of aliphatic hydroxyl groups is 1. The second-order valence-corrected chi connectivity index (χ2v) is 15.1. The summed E-state index contributed by atoms with van der Waals surface area (Å²) in [5.41, 5.74) is 1.73. The van der Waals surface area contributed by atoms with E-state index in [4.69, 9.17) is 9.47 Å². The quantitative estimate of drug-likeness (QED) is 0.359. The fourth-order valence-electron chi connectivity index (χ4n) is 5.48. The Morgan fingerprint density at radius 3 is 2.47 bits per heavy atom. The van der Waals surface area contributed by atoms with Gasteiger partial charge in [-0.3, -0.25) is 9.59 Å². The summed E-state index contributed by atoms with van der Waals surface area (Å²) in [6.45, 7) is 8.76. The van der Waals surface area contributed by atoms with Gasteiger partial charge in [0, 0.05) is 44.8 Å². The van der Waals surface area contributed by atoms with Crippen LogP contribution in [0.5, 0.6) is 5.75 Å². The average molecular weight is 675 g/mol. The monoisotopic (exact) mass is 674 g/mol. The van der Waals surface area contributed by atoms with Gasteiger partial charge in [0.25, 0.3) is 5.91 Å². The Labute approximate surface area is 281 Å². The maximum absolute atomic E-state index is 14.3. The van der Waals surface area contributed by atoms with Crippen molar-refractivity contribution < 1.29 is 32.6 Å². The molecule has 0 aliphatic carbocycles. The first kappa shape index (κ1) is 38.4. The van der Waals surface area contributed by atoms with Crippen molar-refractivity contribution >= 4 is 27.5 Å². The van der Waals surface area contributed by atoms with Crippen LogP contribution in [-0.2, 0) is 19.6 Å². The third kappa shape index (κ3) is 11.3. The highest BCUT2D eigenvalue weighted by Gasteiger charge is 2.32. The molecule has 0 bridgehead atoms. The highest BCUT2D eigenvalue weighted by molar-refractivity contribution is 7.89. The summed E-state index contributed by atoms with van der Waals surface area (Å²) in [7, 11) is 1.68. The first-order valence-corrected chi connectivity index (χ1v) is 18.0. The number of amides is 2. The molecule has 2 N–H and O–H groups in total. The molecule has 4 atom stereocenters. The van der Waals surface area contributed by atoms with Crippen LogP contribution in [0, 0.1) is 12.8 Å². The summed E-state index contributed by atoms with van der Waals surface area (Å²) in [4.78, 5) is 30.8. The second kappa shape index (κ2) is 17.9. The van der Waals surface area contributed by atoms with Crippen LogP contribution in [-0.4, -0.2) is 112 Å². The molecule has 1 aliphatic rings. The van der Waals surface area contributed by atoms with E-state index >= 15 is 0 Å². The molecule has 47 heavy (non-hydrogen) atoms. The van der Waals surface area contributed by atoms with Gasteiger partial charge < -0.3 is 29.7 Å². The SMILES string of the molecule is Cc1ccc(S(=O)(=O)N(C)C[C@@H]2OCCCC[C@@H](C)Oc3ccc(NC(=O)CCCN(C)C)cc3C(=O)N([C@@H](C)CO)C[C@H]2C)cc1. The van der Waals surface area contributed by atoms with Gasteiger partial charge in [0.2, 0.25) is 15.9 Å². The topological polar surface area (TPSA) is 129 Å². The van der Waals surface area contributed by atoms with Gasteiger partial charge in [-0.25, -0.2) is 8.42 Å². The molecule has 0 fully saturated rings. The maximum atomic E-state index is 14.3. The zero-order valence-electron chi connectivity index (χ0n) is 29.1. The fourth-order valence-corrected chi connectivity index (χ4v) is 6.67. The predicted molar refractivity (Wildman–Crippen MR) is 184 cm³/mol. The molecule has 2 aromatic carbocycles. The smallest absolute Gasteiger partial charge is 0.258 e. The number of fused-ring (bicyclic) bond motifs is 1. The lowest BCUT2D eigenvalue weighted by Gasteiger charge is -2.35. The lowest BCUT2D eigenvalue weighted by Crippen LogP contribution is -2.48. The third-order valence-corrected chi connectivity index (χ3v) is 10.3. The first-order valence-electron chi connectivity index (χ1n) is 16.5. The number of aliphatic hydroxyl groups excluding tert-OH is 1. The van der Waals surface area contributed by atoms with Crippen LogP contribution >= 0.6 is 0 Å². The van der Waals surface area contributed by atoms with E-state index in [0.717, 1.165) is 31.4 Å². The van der Waals surface area contributed by atoms with Gasteiger partial charge in [0.15, 0.2) is 0 Å². The van der Waals surface area contributed by atoms with Crippen LogP contribution in [0.3, 0.4) is 0 Å². The number of carbonyl (C=O) groups is 2. The number of hydrogen-bond acceptors (Lipinski definition) is 8. The molecule has 2 amide bonds. The van der Waals surface area contributed by atoms with Gasteiger partial charge >= 0.3 is 0 Å². The van der Waals surface area contributed by atoms with Crippen molar-refractivity contribution in [3.8, 4) is 5.75 Å². The van der Waals surface area contributed by atoms with Crippen LogP contribution in [0.25, 0.3) is 0 Å². The molecule has 0 unspecified atom stereocenters. The Kier molecular flexibility index (Phi) is 14.7. The number of carbonyl (C=O) groups excluding carboxylic acids is 2. The Morgan fingerprint density at radius 1 is 1.11 bits per heavy atom. The molecular formula is C35H54N4O7S. The van der Waals surface area contributed by atoms with Crippen molar-refractivity contribution in [1.29, 1.82) is 0 Å². The highest BCUT2D eigenvalue weighted by atomic mass is 32.2. The van der Waals surface area contributed by atoms with Crippen LogP contribution < -0.4 is 10.1 Å². The minimum atomic E-state index is -3.78. The molecule has 2 aromatic rings. The minimum absolute atomic E-state index is 0.0903. The van der Waals surface area contributed by atoms with Gasteiger partial charge in [0.1, 0.15) is 5.75 Å². The zero-order chi connectivity index (χ0) is 34.7. The molecule has 262 valence electrons. The number of anilines is 1. The Hall–Kier alpha value is -3.03. The van der Waals surface area contributed by atoms with Crippen molar-refractivity contribution in [3.05, 3.63) is 53.6 Å². The molecule has 0 saturated heterocycles. The zero-order valence-corrected chi connectivity index (χ0v) is 29.9. The summed E-state index contributed by atoms with van der Waals surface area (Å²) in [6, 6.07) is 11.3. The van der Waals surface area contributed by atoms with Crippen molar-refractivity contribution in [2.45, 2.75) is 82.9 Å². The van der Waals surface area contributed by atoms with E-state index in [1.54, 1.807) is 61.3 Å². The van der Waals surface area contributed by atoms with Gasteiger partial charge in [-0.15, -0.1) is 0 Å². The van der Waals surface area contributed by atoms with Gasteiger partial charge in [-0.1, -0.05) is 24.6 Å². The van der Waals surface area contributed by atoms with Crippen molar-refractivity contribution in [1.82, 2.24) is 14.1 Å². The van der Waals surface area contributed by atoms with Gasteiger partial charge in [0.05, 0.1) is 35.3 Å². The van der Waals surface area contributed by atoms with E-state index < -0.39 is 22.2 Å². The van der Waals surface area contributed by atoms with Gasteiger partial charge in [-0.2, -0.15) is 4.31 Å². The van der Waals surface area contributed by atoms with E-state index in [1.807, 2.05) is 39.8 Å². The summed E-state index contributed by atoms with van der Waals surface area (Å²) >= 11 is 0. The second-order valence-electron chi connectivity index (χ2n) is 13.1. The molecule has 11 nitrogen and oxygen atoms in total. The minimum Gasteiger partial charge on any atom is -0.490 e. The number of ether oxygens (including phenoxy) is 2. The molecule has 0 aromatic heterocycles. The summed E-state index contributed by atoms with van der Waals surface area (Å²) in [5.74, 6) is -0.395. The maximum Gasteiger partial charge on any atom is 0.258 e. The van der Waals surface area contributed by atoms with Crippen molar-refractivity contribution in [3.63, 3.8) is 0 Å². The molecular weight excluding hydrogens is 620 g/mol. The number of hydrogen-bond donors (Lipinski definition) is 2. The van der Waals surface area contributed by atoms with E-state index in [-0.39, 0.29) is 54.0 Å². The predicted octanol–water partition coefficient (Wildman–Crippen LogP) is 4.39. The molecule has 0 saturated carbocycles. The normalized spacial score (nSPS) is 20.8. The lowest BCUT2D eigenvalue weighted by atomic mass is 10.0. The van der Waals surface area contributed by atoms with Crippen LogP contribution in [0.1, 0.15) is 68.8 Å². The highest BCUT2D eigenvalue weighted by Crippen LogP contribution is 2.29. The summed E-state index contributed by atoms with van der Waals surface area (Å²) < 4.78 is 40.8. The standard InChI is InChI=1S/C35H54N4O7S/c1-25-13-16-30(17-14-25)47(43,44)38(7)23-33-26(2)22-39(27(3)24-40)35(42)31-21-29(36-34(41)12-10-19-37(5)6)15-18-32(31)46-28(4)11-8-9-20-45-33/h13-18,21,26-28,33,40H,8-12,19-20,22-24H2,1-7H3,(H,36,41)/t26-,27+,28-,33+/m1/s1. The van der Waals surface area contributed by atoms with E-state index in [0.29, 0.717) is 30.9 Å². The van der Waals surface area contributed by atoms with Crippen molar-refractivity contribution in [2.24, 2.45) is 5.92 Å². The number of likely N-dealkylation sites (N-methyl/N-ethyl adjacent to an activating group) is 1. The molecule has 12 heteroatoms. The number of nitrogens with zero attached hydrogens (tertiary/aromatic N) is 3. The van der Waals surface area contributed by atoms with Crippen LogP contribution in [0.4, 0.5) is 5.69 Å². The Balaban J connectivity index is 1.92. The van der Waals surface area contributed by atoms with Crippen LogP contribution in [0.2, 0.25) is 0 Å². The summed E-state index contributed by atoms with van der Waals surface area (Å²) in [6.07, 6.45) is 2.63. The lowest BCUT2D eigenvalue weighted by molar-refractivity contribution is -0.116. The van der Waals surface area contributed by atoms with E-state index in [2.05, 4.69) is 5.32 Å². The molecule has 1 aliphatic heterocycles. The molecule has 0 radical (unpaired) electrons. The van der Waals surface area contributed by atoms with E-state index in [1.165, 1.54) is 4.31 Å². The fraction of sp³-hybridized carbons (Fsp3) is 0.600. The molecule has 1 heterocycles. The number of sulfonamides is 1. The number of nitrogens with one attached hydrogen (secondary N) is 1. The Morgan fingerprint density at radius 2 is 1.81 bits per heavy atom. The van der Waals surface area contributed by atoms with Crippen molar-refractivity contribution in [2.75, 3.05) is 59.3 Å². The number of rotatable bonds is 11. The van der Waals surface area contributed by atoms with Gasteiger partial charge in [-0.05, 0) is 97.4 Å². The Bertz CT molecular complexity index is 1420. The largest absolute Gasteiger partial charge is 0.490 e. The number of aryl methyl sites for hydroxylation is 1. The molecule has 3 rings (SSSR count). The number of benzene rings is 2. The summed E-state index contributed by atoms with van der Waals surface area (Å²) in [5, 5.41) is 13.1. The van der Waals surface area contributed by atoms with Crippen LogP contribution in [0.15, 0.2) is 47.4 Å². The third-order valence-electron chi connectivity index (χ3n) is 8.51.